The summed E-state index contributed by atoms with van der Waals surface area (Å²) in [5, 5.41) is 3.95. The predicted octanol–water partition coefficient (Wildman–Crippen LogP) is 2.06. The van der Waals surface area contributed by atoms with Gasteiger partial charge in [-0.2, -0.15) is 0 Å². The lowest BCUT2D eigenvalue weighted by atomic mass is 9.94. The number of hydrogen-bond donors (Lipinski definition) is 1. The van der Waals surface area contributed by atoms with E-state index in [0.717, 1.165) is 44.0 Å². The number of aromatic amines is 1. The van der Waals surface area contributed by atoms with Crippen LogP contribution in [0.2, 0.25) is 0 Å². The summed E-state index contributed by atoms with van der Waals surface area (Å²) in [7, 11) is 0. The van der Waals surface area contributed by atoms with Gasteiger partial charge < -0.3 is 14.4 Å². The topological polar surface area (TPSA) is 78.3 Å². The molecule has 0 aliphatic carbocycles. The van der Waals surface area contributed by atoms with Crippen LogP contribution in [0, 0.1) is 26.7 Å². The number of nitrogens with one attached hydrogen (secondary N) is 1. The van der Waals surface area contributed by atoms with Crippen molar-refractivity contribution in [3.63, 3.8) is 0 Å². The molecule has 2 bridgehead atoms. The first kappa shape index (κ1) is 16.3. The highest BCUT2D eigenvalue weighted by Gasteiger charge is 2.39. The van der Waals surface area contributed by atoms with Crippen LogP contribution in [0.15, 0.2) is 10.9 Å². The first-order chi connectivity index (χ1) is 12.0. The Morgan fingerprint density at radius 1 is 1.28 bits per heavy atom. The molecule has 134 valence electrons. The van der Waals surface area contributed by atoms with Crippen molar-refractivity contribution in [3.05, 3.63) is 34.7 Å². The fourth-order valence-corrected chi connectivity index (χ4v) is 4.25. The third-order valence-electron chi connectivity index (χ3n) is 5.60. The third kappa shape index (κ3) is 2.97. The molecule has 3 aliphatic rings. The Balaban J connectivity index is 1.53. The molecule has 1 amide bonds. The zero-order valence-electron chi connectivity index (χ0n) is 15.1. The fraction of sp³-hybridized carbons (Fsp3) is 0.611. The number of amides is 1. The maximum Gasteiger partial charge on any atom is 0.259 e. The van der Waals surface area contributed by atoms with Crippen molar-refractivity contribution in [2.24, 2.45) is 5.92 Å². The Morgan fingerprint density at radius 2 is 2.12 bits per heavy atom. The van der Waals surface area contributed by atoms with Gasteiger partial charge in [-0.15, -0.1) is 0 Å². The van der Waals surface area contributed by atoms with Gasteiger partial charge in [0.2, 0.25) is 0 Å². The average Bonchev–Trinajstić information content (AvgIpc) is 3.00. The Hall–Kier alpha value is -2.15. The molecule has 2 aromatic rings. The number of piperidine rings is 1. The lowest BCUT2D eigenvalue weighted by Gasteiger charge is -2.36. The van der Waals surface area contributed by atoms with Crippen molar-refractivity contribution in [2.75, 3.05) is 19.6 Å². The standard InChI is InChI=1S/C18H25N5O2/c1-11-16(20-10-19-11)9-22-6-14-4-5-15(8-22)23(7-14)18(24)17-12(2)21-25-13(17)3/h10,14-15H,4-9H2,1-3H3,(H,19,20)/t14-,15+/m0/s1. The van der Waals surface area contributed by atoms with E-state index in [-0.39, 0.29) is 11.9 Å². The van der Waals surface area contributed by atoms with Crippen LogP contribution < -0.4 is 0 Å². The highest BCUT2D eigenvalue weighted by atomic mass is 16.5. The summed E-state index contributed by atoms with van der Waals surface area (Å²) in [6.07, 6.45) is 4.01. The van der Waals surface area contributed by atoms with Crippen LogP contribution in [0.3, 0.4) is 0 Å². The van der Waals surface area contributed by atoms with Crippen LogP contribution >= 0.6 is 0 Å². The van der Waals surface area contributed by atoms with Crippen LogP contribution in [0.4, 0.5) is 0 Å². The van der Waals surface area contributed by atoms with E-state index in [1.54, 1.807) is 6.33 Å². The number of carbonyl (C=O) groups is 1. The monoisotopic (exact) mass is 343 g/mol. The minimum atomic E-state index is 0.0729. The summed E-state index contributed by atoms with van der Waals surface area (Å²) in [6.45, 7) is 9.30. The highest BCUT2D eigenvalue weighted by molar-refractivity contribution is 5.96. The number of imidazole rings is 1. The number of fused-ring (bicyclic) bond motifs is 4. The number of H-pyrrole nitrogens is 1. The predicted molar refractivity (Wildman–Crippen MR) is 92.1 cm³/mol. The molecular weight excluding hydrogens is 318 g/mol. The second-order valence-electron chi connectivity index (χ2n) is 7.42. The number of aromatic nitrogens is 3. The molecule has 0 radical (unpaired) electrons. The van der Waals surface area contributed by atoms with Gasteiger partial charge in [-0.25, -0.2) is 4.98 Å². The van der Waals surface area contributed by atoms with E-state index in [1.165, 1.54) is 6.42 Å². The van der Waals surface area contributed by atoms with Crippen molar-refractivity contribution in [3.8, 4) is 0 Å². The number of rotatable bonds is 3. The van der Waals surface area contributed by atoms with Gasteiger partial charge in [-0.1, -0.05) is 5.16 Å². The summed E-state index contributed by atoms with van der Waals surface area (Å²) in [4.78, 5) is 25.2. The second kappa shape index (κ2) is 6.29. The Bertz CT molecular complexity index is 761. The SMILES string of the molecule is Cc1noc(C)c1C(=O)N1C[C@H]2CC[C@@H]1CN(Cc1nc[nH]c1C)C2. The zero-order chi connectivity index (χ0) is 17.6. The molecule has 5 heterocycles. The summed E-state index contributed by atoms with van der Waals surface area (Å²) in [5.41, 5.74) is 3.55. The molecule has 0 aromatic carbocycles. The van der Waals surface area contributed by atoms with E-state index in [2.05, 4.69) is 31.8 Å². The second-order valence-corrected chi connectivity index (χ2v) is 7.42. The van der Waals surface area contributed by atoms with Gasteiger partial charge in [0.05, 0.1) is 17.7 Å². The number of aryl methyl sites for hydroxylation is 3. The van der Waals surface area contributed by atoms with Crippen LogP contribution in [0.5, 0.6) is 0 Å². The van der Waals surface area contributed by atoms with Gasteiger partial charge in [0.25, 0.3) is 5.91 Å². The molecule has 2 aromatic heterocycles. The number of hydrogen-bond acceptors (Lipinski definition) is 5. The quantitative estimate of drug-likeness (QED) is 0.923. The summed E-state index contributed by atoms with van der Waals surface area (Å²) < 4.78 is 5.20. The lowest BCUT2D eigenvalue weighted by Crippen LogP contribution is -2.47. The highest BCUT2D eigenvalue weighted by Crippen LogP contribution is 2.31. The Labute approximate surface area is 147 Å². The van der Waals surface area contributed by atoms with E-state index in [0.29, 0.717) is 22.9 Å². The van der Waals surface area contributed by atoms with Crippen molar-refractivity contribution in [2.45, 2.75) is 46.2 Å². The zero-order valence-corrected chi connectivity index (χ0v) is 15.1. The number of carbonyl (C=O) groups excluding carboxylic acids is 1. The van der Waals surface area contributed by atoms with Gasteiger partial charge in [-0.3, -0.25) is 9.69 Å². The lowest BCUT2D eigenvalue weighted by molar-refractivity contribution is 0.0582. The molecule has 0 unspecified atom stereocenters. The normalized spacial score (nSPS) is 23.9. The van der Waals surface area contributed by atoms with Crippen molar-refractivity contribution in [1.29, 1.82) is 0 Å². The van der Waals surface area contributed by atoms with Crippen LogP contribution in [-0.2, 0) is 6.54 Å². The Morgan fingerprint density at radius 3 is 2.80 bits per heavy atom. The molecule has 3 aliphatic heterocycles. The average molecular weight is 343 g/mol. The molecule has 5 rings (SSSR count). The summed E-state index contributed by atoms with van der Waals surface area (Å²) >= 11 is 0. The fourth-order valence-electron chi connectivity index (χ4n) is 4.25. The van der Waals surface area contributed by atoms with Gasteiger partial charge in [0.1, 0.15) is 11.3 Å². The summed E-state index contributed by atoms with van der Waals surface area (Å²) in [5.74, 6) is 1.21. The van der Waals surface area contributed by atoms with E-state index in [4.69, 9.17) is 4.52 Å². The molecule has 25 heavy (non-hydrogen) atoms. The largest absolute Gasteiger partial charge is 0.361 e. The maximum absolute atomic E-state index is 13.1. The van der Waals surface area contributed by atoms with Gasteiger partial charge >= 0.3 is 0 Å². The van der Waals surface area contributed by atoms with Gasteiger partial charge in [-0.05, 0) is 39.5 Å². The minimum absolute atomic E-state index is 0.0729. The summed E-state index contributed by atoms with van der Waals surface area (Å²) in [6, 6.07) is 0.249. The van der Waals surface area contributed by atoms with Crippen molar-refractivity contribution < 1.29 is 9.32 Å². The van der Waals surface area contributed by atoms with E-state index in [1.807, 2.05) is 13.8 Å². The van der Waals surface area contributed by atoms with E-state index in [9.17, 15) is 4.79 Å². The molecule has 0 saturated carbocycles. The Kier molecular flexibility index (Phi) is 4.11. The van der Waals surface area contributed by atoms with Gasteiger partial charge in [0, 0.05) is 37.9 Å². The van der Waals surface area contributed by atoms with Crippen LogP contribution in [0.25, 0.3) is 0 Å². The van der Waals surface area contributed by atoms with E-state index < -0.39 is 0 Å². The molecule has 7 heteroatoms. The first-order valence-electron chi connectivity index (χ1n) is 8.98. The molecular formula is C18H25N5O2. The smallest absolute Gasteiger partial charge is 0.259 e. The molecule has 0 spiro atoms. The van der Waals surface area contributed by atoms with Crippen molar-refractivity contribution in [1.82, 2.24) is 24.9 Å². The molecule has 3 saturated heterocycles. The van der Waals surface area contributed by atoms with Crippen LogP contribution in [0.1, 0.15) is 46.0 Å². The molecule has 3 fully saturated rings. The van der Waals surface area contributed by atoms with Gasteiger partial charge in [0.15, 0.2) is 0 Å². The maximum atomic E-state index is 13.1. The van der Waals surface area contributed by atoms with Crippen LogP contribution in [-0.4, -0.2) is 56.5 Å². The molecule has 7 nitrogen and oxygen atoms in total. The number of nitrogens with zero attached hydrogens (tertiary/aromatic N) is 4. The molecule has 2 atom stereocenters. The van der Waals surface area contributed by atoms with Crippen molar-refractivity contribution >= 4 is 5.91 Å². The minimum Gasteiger partial charge on any atom is -0.361 e. The third-order valence-corrected chi connectivity index (χ3v) is 5.60. The first-order valence-corrected chi connectivity index (χ1v) is 8.98. The molecule has 1 N–H and O–H groups in total. The van der Waals surface area contributed by atoms with E-state index >= 15 is 0 Å².